The SMILES string of the molecule is CC1(I)C=CC1. The van der Waals surface area contributed by atoms with Gasteiger partial charge in [-0.25, -0.2) is 0 Å². The van der Waals surface area contributed by atoms with Crippen molar-refractivity contribution in [2.45, 2.75) is 16.8 Å². The summed E-state index contributed by atoms with van der Waals surface area (Å²) in [5.41, 5.74) is 0. The zero-order valence-corrected chi connectivity index (χ0v) is 5.90. The van der Waals surface area contributed by atoms with Crippen molar-refractivity contribution in [2.24, 2.45) is 0 Å². The van der Waals surface area contributed by atoms with Crippen molar-refractivity contribution in [1.82, 2.24) is 0 Å². The highest BCUT2D eigenvalue weighted by atomic mass is 127. The van der Waals surface area contributed by atoms with Crippen molar-refractivity contribution in [2.75, 3.05) is 0 Å². The third-order valence-electron chi connectivity index (χ3n) is 0.982. The van der Waals surface area contributed by atoms with E-state index in [0.717, 1.165) is 0 Å². The van der Waals surface area contributed by atoms with Crippen LogP contribution in [-0.4, -0.2) is 3.42 Å². The Labute approximate surface area is 51.8 Å². The van der Waals surface area contributed by atoms with Gasteiger partial charge >= 0.3 is 0 Å². The summed E-state index contributed by atoms with van der Waals surface area (Å²) in [6, 6.07) is 0. The van der Waals surface area contributed by atoms with Gasteiger partial charge in [-0.15, -0.1) is 0 Å². The quantitative estimate of drug-likeness (QED) is 0.315. The van der Waals surface area contributed by atoms with Crippen LogP contribution in [0.4, 0.5) is 0 Å². The maximum atomic E-state index is 2.44. The van der Waals surface area contributed by atoms with Gasteiger partial charge in [0.1, 0.15) is 0 Å². The van der Waals surface area contributed by atoms with Crippen LogP contribution >= 0.6 is 22.6 Å². The van der Waals surface area contributed by atoms with Crippen molar-refractivity contribution in [3.63, 3.8) is 0 Å². The summed E-state index contributed by atoms with van der Waals surface area (Å²) in [7, 11) is 0. The Bertz CT molecular complexity index is 81.9. The van der Waals surface area contributed by atoms with Gasteiger partial charge in [-0.2, -0.15) is 0 Å². The number of hydrogen-bond donors (Lipinski definition) is 0. The second kappa shape index (κ2) is 1.22. The molecule has 0 amide bonds. The Balaban J connectivity index is 2.57. The average Bonchev–Trinajstić information content (AvgIpc) is 1.32. The maximum absolute atomic E-state index is 2.44. The fourth-order valence-corrected chi connectivity index (χ4v) is 0.951. The number of alkyl halides is 1. The van der Waals surface area contributed by atoms with Crippen LogP contribution in [0.15, 0.2) is 12.2 Å². The first-order valence-electron chi connectivity index (χ1n) is 2.07. The zero-order chi connectivity index (χ0) is 4.62. The minimum atomic E-state index is 0.512. The van der Waals surface area contributed by atoms with Gasteiger partial charge in [0.15, 0.2) is 0 Å². The van der Waals surface area contributed by atoms with Crippen LogP contribution in [0.2, 0.25) is 0 Å². The van der Waals surface area contributed by atoms with Crippen LogP contribution in [0.1, 0.15) is 13.3 Å². The monoisotopic (exact) mass is 194 g/mol. The number of hydrogen-bond acceptors (Lipinski definition) is 0. The lowest BCUT2D eigenvalue weighted by Gasteiger charge is -2.22. The highest BCUT2D eigenvalue weighted by molar-refractivity contribution is 14.1. The molecular formula is C5H7I. The Morgan fingerprint density at radius 3 is 2.17 bits per heavy atom. The van der Waals surface area contributed by atoms with Crippen LogP contribution in [0, 0.1) is 0 Å². The van der Waals surface area contributed by atoms with Crippen LogP contribution in [-0.2, 0) is 0 Å². The Morgan fingerprint density at radius 1 is 1.83 bits per heavy atom. The van der Waals surface area contributed by atoms with E-state index < -0.39 is 0 Å². The summed E-state index contributed by atoms with van der Waals surface area (Å²) in [5, 5.41) is 0. The topological polar surface area (TPSA) is 0 Å². The van der Waals surface area contributed by atoms with Gasteiger partial charge in [0, 0.05) is 3.42 Å². The first-order chi connectivity index (χ1) is 2.71. The van der Waals surface area contributed by atoms with Crippen LogP contribution in [0.25, 0.3) is 0 Å². The molecule has 0 aromatic rings. The number of halogens is 1. The summed E-state index contributed by atoms with van der Waals surface area (Å²) in [4.78, 5) is 0. The molecule has 1 rings (SSSR count). The smallest absolute Gasteiger partial charge is 0.0407 e. The summed E-state index contributed by atoms with van der Waals surface area (Å²) in [6.45, 7) is 2.23. The molecule has 0 heterocycles. The molecule has 1 heteroatoms. The lowest BCUT2D eigenvalue weighted by Crippen LogP contribution is -2.16. The van der Waals surface area contributed by atoms with E-state index in [-0.39, 0.29) is 0 Å². The molecule has 0 N–H and O–H groups in total. The summed E-state index contributed by atoms with van der Waals surface area (Å²) in [5.74, 6) is 0. The van der Waals surface area contributed by atoms with E-state index in [0.29, 0.717) is 3.42 Å². The van der Waals surface area contributed by atoms with Gasteiger partial charge < -0.3 is 0 Å². The maximum Gasteiger partial charge on any atom is 0.0407 e. The number of allylic oxidation sites excluding steroid dienone is 2. The summed E-state index contributed by atoms with van der Waals surface area (Å²) < 4.78 is 0.512. The van der Waals surface area contributed by atoms with Gasteiger partial charge in [-0.1, -0.05) is 34.7 Å². The number of rotatable bonds is 0. The van der Waals surface area contributed by atoms with Gasteiger partial charge in [0.25, 0.3) is 0 Å². The molecule has 0 radical (unpaired) electrons. The first kappa shape index (κ1) is 4.62. The standard InChI is InChI=1S/C5H7I/c1-5(6)3-2-4-5/h2-3H,4H2,1H3. The third kappa shape index (κ3) is 0.750. The van der Waals surface area contributed by atoms with Crippen molar-refractivity contribution >= 4 is 22.6 Å². The van der Waals surface area contributed by atoms with E-state index in [1.165, 1.54) is 6.42 Å². The molecule has 0 saturated heterocycles. The second-order valence-electron chi connectivity index (χ2n) is 1.88. The molecule has 1 atom stereocenters. The van der Waals surface area contributed by atoms with E-state index in [4.69, 9.17) is 0 Å². The predicted molar refractivity (Wildman–Crippen MR) is 36.2 cm³/mol. The van der Waals surface area contributed by atoms with E-state index in [1.54, 1.807) is 0 Å². The fourth-order valence-electron chi connectivity index (χ4n) is 0.443. The third-order valence-corrected chi connectivity index (χ3v) is 1.78. The molecule has 1 aliphatic carbocycles. The molecule has 0 nitrogen and oxygen atoms in total. The molecule has 34 valence electrons. The Kier molecular flexibility index (Phi) is 0.939. The second-order valence-corrected chi connectivity index (χ2v) is 4.35. The van der Waals surface area contributed by atoms with E-state index in [1.807, 2.05) is 0 Å². The van der Waals surface area contributed by atoms with Gasteiger partial charge in [0.05, 0.1) is 0 Å². The van der Waals surface area contributed by atoms with Crippen LogP contribution in [0.3, 0.4) is 0 Å². The summed E-state index contributed by atoms with van der Waals surface area (Å²) >= 11 is 2.44. The molecule has 0 fully saturated rings. The van der Waals surface area contributed by atoms with E-state index in [2.05, 4.69) is 41.7 Å². The predicted octanol–water partition coefficient (Wildman–Crippen LogP) is 2.14. The molecule has 0 saturated carbocycles. The molecule has 0 aliphatic heterocycles. The molecule has 1 unspecified atom stereocenters. The lowest BCUT2D eigenvalue weighted by atomic mass is 9.98. The van der Waals surface area contributed by atoms with Crippen molar-refractivity contribution < 1.29 is 0 Å². The van der Waals surface area contributed by atoms with Crippen LogP contribution in [0.5, 0.6) is 0 Å². The van der Waals surface area contributed by atoms with E-state index in [9.17, 15) is 0 Å². The minimum absolute atomic E-state index is 0.512. The molecule has 0 spiro atoms. The van der Waals surface area contributed by atoms with E-state index >= 15 is 0 Å². The average molecular weight is 194 g/mol. The van der Waals surface area contributed by atoms with Gasteiger partial charge in [0.2, 0.25) is 0 Å². The first-order valence-corrected chi connectivity index (χ1v) is 3.15. The highest BCUT2D eigenvalue weighted by Gasteiger charge is 2.19. The molecule has 0 aromatic heterocycles. The van der Waals surface area contributed by atoms with Crippen molar-refractivity contribution in [3.05, 3.63) is 12.2 Å². The normalized spacial score (nSPS) is 42.3. The van der Waals surface area contributed by atoms with Gasteiger partial charge in [-0.05, 0) is 13.3 Å². The molecule has 0 aromatic carbocycles. The Morgan fingerprint density at radius 2 is 2.17 bits per heavy atom. The van der Waals surface area contributed by atoms with Crippen molar-refractivity contribution in [3.8, 4) is 0 Å². The highest BCUT2D eigenvalue weighted by Crippen LogP contribution is 2.31. The van der Waals surface area contributed by atoms with Crippen molar-refractivity contribution in [1.29, 1.82) is 0 Å². The largest absolute Gasteiger partial charge is 0.0856 e. The minimum Gasteiger partial charge on any atom is -0.0856 e. The van der Waals surface area contributed by atoms with Crippen LogP contribution < -0.4 is 0 Å². The molecule has 0 bridgehead atoms. The fraction of sp³-hybridized carbons (Fsp3) is 0.600. The van der Waals surface area contributed by atoms with Gasteiger partial charge in [-0.3, -0.25) is 0 Å². The molecule has 1 aliphatic rings. The summed E-state index contributed by atoms with van der Waals surface area (Å²) in [6.07, 6.45) is 5.69. The lowest BCUT2D eigenvalue weighted by molar-refractivity contribution is 0.778. The molecule has 6 heavy (non-hydrogen) atoms. The molecular weight excluding hydrogens is 187 g/mol. The Hall–Kier alpha value is 0.470. The zero-order valence-electron chi connectivity index (χ0n) is 3.74.